The number of hydrogen-bond donors (Lipinski definition) is 2. The van der Waals surface area contributed by atoms with Gasteiger partial charge in [-0.3, -0.25) is 0 Å². The number of anilines is 1. The summed E-state index contributed by atoms with van der Waals surface area (Å²) in [6.45, 7) is 4.43. The fourth-order valence-corrected chi connectivity index (χ4v) is 1.37. The Kier molecular flexibility index (Phi) is 2.54. The van der Waals surface area contributed by atoms with Crippen molar-refractivity contribution in [3.05, 3.63) is 35.6 Å². The standard InChI is InChI=1S/C10H10BrN3/c1-7(11)5-13-10-4-8-2-3-12-9(8)6-14-10/h2-4,6,12H,1,5H2,(H,13,14). The molecule has 0 aliphatic rings. The maximum Gasteiger partial charge on any atom is 0.126 e. The third-order valence-electron chi connectivity index (χ3n) is 1.90. The Morgan fingerprint density at radius 3 is 3.29 bits per heavy atom. The van der Waals surface area contributed by atoms with Crippen molar-refractivity contribution in [1.29, 1.82) is 0 Å². The number of nitrogens with zero attached hydrogens (tertiary/aromatic N) is 1. The molecule has 3 nitrogen and oxygen atoms in total. The van der Waals surface area contributed by atoms with Crippen molar-refractivity contribution in [1.82, 2.24) is 9.97 Å². The van der Waals surface area contributed by atoms with E-state index in [0.717, 1.165) is 21.2 Å². The summed E-state index contributed by atoms with van der Waals surface area (Å²) >= 11 is 3.28. The number of halogens is 1. The monoisotopic (exact) mass is 251 g/mol. The molecule has 2 aromatic heterocycles. The highest BCUT2D eigenvalue weighted by atomic mass is 79.9. The van der Waals surface area contributed by atoms with Crippen LogP contribution in [0.5, 0.6) is 0 Å². The number of hydrogen-bond acceptors (Lipinski definition) is 2. The van der Waals surface area contributed by atoms with E-state index in [0.29, 0.717) is 6.54 Å². The summed E-state index contributed by atoms with van der Waals surface area (Å²) in [7, 11) is 0. The van der Waals surface area contributed by atoms with Gasteiger partial charge in [0.05, 0.1) is 11.7 Å². The fraction of sp³-hybridized carbons (Fsp3) is 0.100. The van der Waals surface area contributed by atoms with Gasteiger partial charge in [-0.15, -0.1) is 0 Å². The third kappa shape index (κ3) is 1.96. The van der Waals surface area contributed by atoms with E-state index in [1.807, 2.05) is 24.5 Å². The zero-order valence-corrected chi connectivity index (χ0v) is 9.13. The van der Waals surface area contributed by atoms with Gasteiger partial charge in [-0.2, -0.15) is 0 Å². The molecule has 4 heteroatoms. The lowest BCUT2D eigenvalue weighted by Gasteiger charge is -2.03. The summed E-state index contributed by atoms with van der Waals surface area (Å²) in [6, 6.07) is 4.02. The normalized spacial score (nSPS) is 10.4. The van der Waals surface area contributed by atoms with Crippen LogP contribution in [0.25, 0.3) is 10.9 Å². The van der Waals surface area contributed by atoms with Gasteiger partial charge in [-0.25, -0.2) is 4.98 Å². The number of nitrogens with one attached hydrogen (secondary N) is 2. The van der Waals surface area contributed by atoms with Crippen LogP contribution < -0.4 is 5.32 Å². The summed E-state index contributed by atoms with van der Waals surface area (Å²) < 4.78 is 0.911. The molecule has 0 radical (unpaired) electrons. The van der Waals surface area contributed by atoms with Crippen LogP contribution in [0.4, 0.5) is 5.82 Å². The van der Waals surface area contributed by atoms with Crippen LogP contribution in [0.1, 0.15) is 0 Å². The molecule has 0 aromatic carbocycles. The van der Waals surface area contributed by atoms with Gasteiger partial charge >= 0.3 is 0 Å². The molecule has 2 heterocycles. The van der Waals surface area contributed by atoms with Crippen LogP contribution in [0, 0.1) is 0 Å². The van der Waals surface area contributed by atoms with Crippen molar-refractivity contribution in [3.8, 4) is 0 Å². The SMILES string of the molecule is C=C(Br)CNc1cc2cc[nH]c2cn1. The van der Waals surface area contributed by atoms with Crippen molar-refractivity contribution in [3.63, 3.8) is 0 Å². The maximum absolute atomic E-state index is 4.25. The van der Waals surface area contributed by atoms with Gasteiger partial charge in [0.2, 0.25) is 0 Å². The molecule has 14 heavy (non-hydrogen) atoms. The Morgan fingerprint density at radius 2 is 2.50 bits per heavy atom. The van der Waals surface area contributed by atoms with Crippen LogP contribution in [0.2, 0.25) is 0 Å². The van der Waals surface area contributed by atoms with Gasteiger partial charge in [-0.05, 0) is 12.1 Å². The number of aromatic amines is 1. The molecule has 0 fully saturated rings. The summed E-state index contributed by atoms with van der Waals surface area (Å²) in [5.41, 5.74) is 1.05. The average Bonchev–Trinajstić information content (AvgIpc) is 2.61. The minimum Gasteiger partial charge on any atom is -0.365 e. The van der Waals surface area contributed by atoms with Crippen molar-refractivity contribution in [2.24, 2.45) is 0 Å². The summed E-state index contributed by atoms with van der Waals surface area (Å²) in [5.74, 6) is 0.859. The molecule has 0 saturated carbocycles. The van der Waals surface area contributed by atoms with Crippen molar-refractivity contribution in [2.45, 2.75) is 0 Å². The molecule has 0 unspecified atom stereocenters. The second kappa shape index (κ2) is 3.84. The molecular formula is C10H10BrN3. The van der Waals surface area contributed by atoms with Crippen molar-refractivity contribution >= 4 is 32.7 Å². The van der Waals surface area contributed by atoms with E-state index in [4.69, 9.17) is 0 Å². The first-order chi connectivity index (χ1) is 6.75. The van der Waals surface area contributed by atoms with E-state index in [9.17, 15) is 0 Å². The molecule has 0 spiro atoms. The first kappa shape index (κ1) is 9.27. The Hall–Kier alpha value is -1.29. The van der Waals surface area contributed by atoms with Gasteiger partial charge in [0.1, 0.15) is 5.82 Å². The minimum absolute atomic E-state index is 0.683. The zero-order valence-electron chi connectivity index (χ0n) is 7.55. The molecule has 72 valence electrons. The summed E-state index contributed by atoms with van der Waals surface area (Å²) in [6.07, 6.45) is 3.72. The maximum atomic E-state index is 4.25. The van der Waals surface area contributed by atoms with Crippen molar-refractivity contribution in [2.75, 3.05) is 11.9 Å². The summed E-state index contributed by atoms with van der Waals surface area (Å²) in [4.78, 5) is 7.34. The highest BCUT2D eigenvalue weighted by molar-refractivity contribution is 9.11. The highest BCUT2D eigenvalue weighted by Gasteiger charge is 1.97. The van der Waals surface area contributed by atoms with Gasteiger partial charge in [0.25, 0.3) is 0 Å². The number of fused-ring (bicyclic) bond motifs is 1. The average molecular weight is 252 g/mol. The van der Waals surface area contributed by atoms with E-state index in [2.05, 4.69) is 37.8 Å². The van der Waals surface area contributed by atoms with E-state index < -0.39 is 0 Å². The predicted molar refractivity (Wildman–Crippen MR) is 62.7 cm³/mol. The molecule has 0 aliphatic carbocycles. The molecule has 0 aliphatic heterocycles. The third-order valence-corrected chi connectivity index (χ3v) is 2.18. The van der Waals surface area contributed by atoms with Crippen LogP contribution in [-0.4, -0.2) is 16.5 Å². The second-order valence-electron chi connectivity index (χ2n) is 3.01. The van der Waals surface area contributed by atoms with Gasteiger partial charge in [0.15, 0.2) is 0 Å². The lowest BCUT2D eigenvalue weighted by atomic mass is 10.3. The van der Waals surface area contributed by atoms with Crippen LogP contribution in [0.15, 0.2) is 35.6 Å². The van der Waals surface area contributed by atoms with E-state index >= 15 is 0 Å². The smallest absolute Gasteiger partial charge is 0.126 e. The van der Waals surface area contributed by atoms with E-state index in [-0.39, 0.29) is 0 Å². The van der Waals surface area contributed by atoms with Crippen LogP contribution >= 0.6 is 15.9 Å². The van der Waals surface area contributed by atoms with Gasteiger partial charge in [-0.1, -0.05) is 22.5 Å². The van der Waals surface area contributed by atoms with E-state index in [1.54, 1.807) is 0 Å². The first-order valence-electron chi connectivity index (χ1n) is 4.26. The molecule has 0 bridgehead atoms. The Bertz CT molecular complexity index is 461. The van der Waals surface area contributed by atoms with Crippen LogP contribution in [0.3, 0.4) is 0 Å². The Balaban J connectivity index is 2.21. The Morgan fingerprint density at radius 1 is 1.64 bits per heavy atom. The van der Waals surface area contributed by atoms with Crippen LogP contribution in [-0.2, 0) is 0 Å². The Labute approximate surface area is 90.4 Å². The topological polar surface area (TPSA) is 40.7 Å². The zero-order chi connectivity index (χ0) is 9.97. The molecule has 2 rings (SSSR count). The number of aromatic nitrogens is 2. The number of H-pyrrole nitrogens is 1. The molecule has 2 N–H and O–H groups in total. The second-order valence-corrected chi connectivity index (χ2v) is 4.13. The van der Waals surface area contributed by atoms with Crippen molar-refractivity contribution < 1.29 is 0 Å². The number of rotatable bonds is 3. The highest BCUT2D eigenvalue weighted by Crippen LogP contribution is 2.15. The molecule has 0 saturated heterocycles. The molecule has 0 amide bonds. The van der Waals surface area contributed by atoms with Gasteiger partial charge < -0.3 is 10.3 Å². The summed E-state index contributed by atoms with van der Waals surface area (Å²) in [5, 5.41) is 4.31. The van der Waals surface area contributed by atoms with E-state index in [1.165, 1.54) is 0 Å². The first-order valence-corrected chi connectivity index (χ1v) is 5.05. The predicted octanol–water partition coefficient (Wildman–Crippen LogP) is 2.88. The minimum atomic E-state index is 0.683. The number of pyridine rings is 1. The lowest BCUT2D eigenvalue weighted by Crippen LogP contribution is -2.01. The molecular weight excluding hydrogens is 242 g/mol. The largest absolute Gasteiger partial charge is 0.365 e. The fourth-order valence-electron chi connectivity index (χ4n) is 1.23. The molecule has 2 aromatic rings. The quantitative estimate of drug-likeness (QED) is 0.881. The lowest BCUT2D eigenvalue weighted by molar-refractivity contribution is 1.23. The van der Waals surface area contributed by atoms with Gasteiger partial charge in [0, 0.05) is 22.6 Å². The molecule has 0 atom stereocenters.